The molecule has 0 bridgehead atoms. The van der Waals surface area contributed by atoms with E-state index in [1.54, 1.807) is 29.3 Å². The van der Waals surface area contributed by atoms with Gasteiger partial charge >= 0.3 is 12.3 Å². The van der Waals surface area contributed by atoms with Crippen LogP contribution in [0.25, 0.3) is 10.9 Å². The number of hydrogen-bond donors (Lipinski definition) is 3. The molecule has 4 heterocycles. The number of hydrogen-bond acceptors (Lipinski definition) is 6. The minimum Gasteiger partial charge on any atom is -0.444 e. The molecule has 3 N–H and O–H groups in total. The number of nitrogens with one attached hydrogen (secondary N) is 3. The lowest BCUT2D eigenvalue weighted by Crippen LogP contribution is -2.56. The highest BCUT2D eigenvalue weighted by Gasteiger charge is 2.56. The molecule has 1 unspecified atom stereocenters. The van der Waals surface area contributed by atoms with E-state index in [0.717, 1.165) is 6.42 Å². The number of ether oxygens (including phenoxy) is 1. The molecule has 2 aromatic heterocycles. The number of benzene rings is 1. The van der Waals surface area contributed by atoms with Crippen LogP contribution in [0.2, 0.25) is 0 Å². The molecule has 1 aromatic carbocycles. The number of carbonyl (C=O) groups is 1. The van der Waals surface area contributed by atoms with Crippen LogP contribution in [-0.2, 0) is 15.8 Å². The number of piperidine rings is 2. The van der Waals surface area contributed by atoms with Crippen LogP contribution in [0.4, 0.5) is 29.5 Å². The molecule has 2 fully saturated rings. The highest BCUT2D eigenvalue weighted by molar-refractivity contribution is 5.91. The fourth-order valence-corrected chi connectivity index (χ4v) is 6.21. The van der Waals surface area contributed by atoms with Gasteiger partial charge in [-0.1, -0.05) is 19.1 Å². The summed E-state index contributed by atoms with van der Waals surface area (Å²) in [5, 5.41) is 11.1. The van der Waals surface area contributed by atoms with Gasteiger partial charge in [-0.2, -0.15) is 18.3 Å². The second kappa shape index (κ2) is 10.9. The number of nitrogens with zero attached hydrogens (tertiary/aromatic N) is 3. The van der Waals surface area contributed by atoms with Crippen LogP contribution in [0.1, 0.15) is 71.8 Å². The maximum absolute atomic E-state index is 14.2. The topological polar surface area (TPSA) is 104 Å². The summed E-state index contributed by atoms with van der Waals surface area (Å²) in [7, 11) is 0. The third-order valence-corrected chi connectivity index (χ3v) is 8.59. The van der Waals surface area contributed by atoms with Gasteiger partial charge in [-0.25, -0.2) is 4.79 Å². The lowest BCUT2D eigenvalue weighted by molar-refractivity contribution is -0.207. The van der Waals surface area contributed by atoms with Gasteiger partial charge in [0.1, 0.15) is 16.5 Å². The van der Waals surface area contributed by atoms with Crippen molar-refractivity contribution in [3.63, 3.8) is 0 Å². The number of aromatic nitrogens is 3. The number of fused-ring (bicyclic) bond motifs is 1. The van der Waals surface area contributed by atoms with E-state index in [4.69, 9.17) is 9.84 Å². The number of rotatable bonds is 5. The van der Waals surface area contributed by atoms with E-state index < -0.39 is 22.9 Å². The van der Waals surface area contributed by atoms with Crippen LogP contribution in [0.15, 0.2) is 41.3 Å². The van der Waals surface area contributed by atoms with Gasteiger partial charge in [-0.3, -0.25) is 14.8 Å². The van der Waals surface area contributed by atoms with Gasteiger partial charge in [0.15, 0.2) is 5.82 Å². The summed E-state index contributed by atoms with van der Waals surface area (Å²) in [5.41, 5.74) is -2.10. The molecule has 2 aliphatic heterocycles. The predicted octanol–water partition coefficient (Wildman–Crippen LogP) is 6.14. The minimum atomic E-state index is -4.43. The van der Waals surface area contributed by atoms with Crippen LogP contribution in [0.3, 0.4) is 0 Å². The summed E-state index contributed by atoms with van der Waals surface area (Å²) in [4.78, 5) is 30.1. The summed E-state index contributed by atoms with van der Waals surface area (Å²) in [5.74, 6) is 0.323. The van der Waals surface area contributed by atoms with Crippen LogP contribution in [-0.4, -0.2) is 57.2 Å². The van der Waals surface area contributed by atoms with Crippen molar-refractivity contribution in [2.24, 2.45) is 0 Å². The van der Waals surface area contributed by atoms with E-state index >= 15 is 0 Å². The van der Waals surface area contributed by atoms with Gasteiger partial charge in [0.2, 0.25) is 0 Å². The van der Waals surface area contributed by atoms with Crippen LogP contribution in [0, 0.1) is 0 Å². The Kier molecular flexibility index (Phi) is 7.80. The maximum atomic E-state index is 14.2. The van der Waals surface area contributed by atoms with Crippen molar-refractivity contribution < 1.29 is 22.7 Å². The van der Waals surface area contributed by atoms with Gasteiger partial charge in [0, 0.05) is 25.0 Å². The van der Waals surface area contributed by atoms with Crippen molar-refractivity contribution in [1.29, 1.82) is 0 Å². The maximum Gasteiger partial charge on any atom is 0.410 e. The van der Waals surface area contributed by atoms with Crippen LogP contribution < -0.4 is 16.2 Å². The summed E-state index contributed by atoms with van der Waals surface area (Å²) >= 11 is 0. The lowest BCUT2D eigenvalue weighted by atomic mass is 9.81. The summed E-state index contributed by atoms with van der Waals surface area (Å²) in [6.45, 7) is 8.83. The largest absolute Gasteiger partial charge is 0.444 e. The standard InChI is InChI=1S/C30H39F3N6O3/c1-5-28(14-18-38(19-15-28)26(41)42-27(2,3)4)39-22-12-17-34-25(40)23(22)24(37-39)36-21-10-8-20(9-11-21)29(30(31,32)33)13-6-7-16-35-29/h8-12,17,35H,5-7,13-16,18-19H2,1-4H3,(H,34,40)(H,36,37). The first-order valence-electron chi connectivity index (χ1n) is 14.6. The highest BCUT2D eigenvalue weighted by Crippen LogP contribution is 2.45. The fraction of sp³-hybridized carbons (Fsp3) is 0.567. The molecule has 2 aliphatic rings. The monoisotopic (exact) mass is 588 g/mol. The number of pyridine rings is 1. The predicted molar refractivity (Wildman–Crippen MR) is 155 cm³/mol. The molecule has 0 saturated carbocycles. The van der Waals surface area contributed by atoms with Gasteiger partial charge in [0.05, 0.1) is 11.1 Å². The zero-order chi connectivity index (χ0) is 30.3. The van der Waals surface area contributed by atoms with Crippen molar-refractivity contribution in [2.45, 2.75) is 89.1 Å². The normalized spacial score (nSPS) is 21.4. The Labute approximate surface area is 242 Å². The Morgan fingerprint density at radius 2 is 1.76 bits per heavy atom. The van der Waals surface area contributed by atoms with Crippen molar-refractivity contribution >= 4 is 28.5 Å². The Morgan fingerprint density at radius 1 is 1.07 bits per heavy atom. The smallest absolute Gasteiger partial charge is 0.410 e. The molecule has 228 valence electrons. The molecule has 1 atom stereocenters. The Bertz CT molecular complexity index is 1480. The zero-order valence-corrected chi connectivity index (χ0v) is 24.5. The first-order valence-corrected chi connectivity index (χ1v) is 14.6. The number of anilines is 2. The van der Waals surface area contributed by atoms with Crippen molar-refractivity contribution in [1.82, 2.24) is 25.0 Å². The second-order valence-corrected chi connectivity index (χ2v) is 12.4. The third-order valence-electron chi connectivity index (χ3n) is 8.59. The van der Waals surface area contributed by atoms with Crippen molar-refractivity contribution in [3.8, 4) is 0 Å². The first-order chi connectivity index (χ1) is 19.8. The molecular weight excluding hydrogens is 549 g/mol. The van der Waals surface area contributed by atoms with E-state index in [-0.39, 0.29) is 23.6 Å². The number of amides is 1. The molecule has 5 rings (SSSR count). The van der Waals surface area contributed by atoms with E-state index in [2.05, 4.69) is 22.5 Å². The quantitative estimate of drug-likeness (QED) is 0.331. The zero-order valence-electron chi connectivity index (χ0n) is 24.5. The molecule has 3 aromatic rings. The SMILES string of the molecule is CCC1(n2nc(Nc3ccc(C4(C(F)(F)F)CCCCN4)cc3)c3c(=O)[nH]ccc32)CCN(C(=O)OC(C)(C)C)CC1. The van der Waals surface area contributed by atoms with Gasteiger partial charge < -0.3 is 19.9 Å². The van der Waals surface area contributed by atoms with E-state index in [1.165, 1.54) is 12.1 Å². The Balaban J connectivity index is 1.44. The average molecular weight is 589 g/mol. The second-order valence-electron chi connectivity index (χ2n) is 12.4. The molecule has 42 heavy (non-hydrogen) atoms. The number of likely N-dealkylation sites (tertiary alicyclic amines) is 1. The summed E-state index contributed by atoms with van der Waals surface area (Å²) in [6, 6.07) is 7.96. The van der Waals surface area contributed by atoms with Crippen LogP contribution >= 0.6 is 0 Å². The lowest BCUT2D eigenvalue weighted by Gasteiger charge is -2.42. The molecular formula is C30H39F3N6O3. The highest BCUT2D eigenvalue weighted by atomic mass is 19.4. The number of alkyl halides is 3. The molecule has 2 saturated heterocycles. The molecule has 0 radical (unpaired) electrons. The Morgan fingerprint density at radius 3 is 2.33 bits per heavy atom. The van der Waals surface area contributed by atoms with Gasteiger partial charge in [-0.05, 0) is 89.6 Å². The molecule has 1 amide bonds. The fourth-order valence-electron chi connectivity index (χ4n) is 6.21. The number of carbonyl (C=O) groups excluding carboxylic acids is 1. The molecule has 12 heteroatoms. The van der Waals surface area contributed by atoms with Crippen LogP contribution in [0.5, 0.6) is 0 Å². The van der Waals surface area contributed by atoms with E-state index in [9.17, 15) is 22.8 Å². The number of aromatic amines is 1. The van der Waals surface area contributed by atoms with Gasteiger partial charge in [0.25, 0.3) is 5.56 Å². The Hall–Kier alpha value is -3.54. The van der Waals surface area contributed by atoms with E-state index in [0.29, 0.717) is 67.7 Å². The van der Waals surface area contributed by atoms with E-state index in [1.807, 2.05) is 25.5 Å². The molecule has 0 spiro atoms. The average Bonchev–Trinajstić information content (AvgIpc) is 3.32. The third kappa shape index (κ3) is 5.48. The molecule has 0 aliphatic carbocycles. The number of H-pyrrole nitrogens is 1. The molecule has 9 nitrogen and oxygen atoms in total. The summed E-state index contributed by atoms with van der Waals surface area (Å²) < 4.78 is 50.0. The van der Waals surface area contributed by atoms with Crippen molar-refractivity contribution in [3.05, 3.63) is 52.4 Å². The summed E-state index contributed by atoms with van der Waals surface area (Å²) in [6.07, 6.45) is -0.0622. The first kappa shape index (κ1) is 29.9. The van der Waals surface area contributed by atoms with Gasteiger partial charge in [-0.15, -0.1) is 0 Å². The number of halogens is 3. The van der Waals surface area contributed by atoms with Crippen molar-refractivity contribution in [2.75, 3.05) is 25.0 Å². The minimum absolute atomic E-state index is 0.0157.